The van der Waals surface area contributed by atoms with Crippen molar-refractivity contribution in [1.82, 2.24) is 4.90 Å². The van der Waals surface area contributed by atoms with Crippen molar-refractivity contribution < 1.29 is 28.2 Å². The van der Waals surface area contributed by atoms with E-state index in [0.717, 1.165) is 5.39 Å². The van der Waals surface area contributed by atoms with Crippen molar-refractivity contribution in [3.8, 4) is 5.75 Å². The van der Waals surface area contributed by atoms with E-state index in [9.17, 15) is 9.59 Å². The first-order valence-corrected chi connectivity index (χ1v) is 9.61. The molecule has 1 aliphatic rings. The highest BCUT2D eigenvalue weighted by atomic mass is 16.6. The predicted molar refractivity (Wildman–Crippen MR) is 104 cm³/mol. The molecule has 0 unspecified atom stereocenters. The maximum absolute atomic E-state index is 12.7. The third-order valence-corrected chi connectivity index (χ3v) is 4.77. The van der Waals surface area contributed by atoms with E-state index in [1.807, 2.05) is 26.8 Å². The van der Waals surface area contributed by atoms with Crippen LogP contribution >= 0.6 is 0 Å². The average Bonchev–Trinajstić information content (AvgIpc) is 2.97. The van der Waals surface area contributed by atoms with Gasteiger partial charge in [-0.1, -0.05) is 0 Å². The van der Waals surface area contributed by atoms with Gasteiger partial charge in [-0.15, -0.1) is 0 Å². The van der Waals surface area contributed by atoms with Gasteiger partial charge >= 0.3 is 5.97 Å². The van der Waals surface area contributed by atoms with E-state index in [2.05, 4.69) is 0 Å². The van der Waals surface area contributed by atoms with E-state index in [0.29, 0.717) is 36.6 Å². The second-order valence-corrected chi connectivity index (χ2v) is 7.20. The smallest absolute Gasteiger partial charge is 0.375 e. The largest absolute Gasteiger partial charge is 0.494 e. The van der Waals surface area contributed by atoms with E-state index >= 15 is 0 Å². The van der Waals surface area contributed by atoms with Crippen LogP contribution in [0, 0.1) is 6.92 Å². The molecule has 7 nitrogen and oxygen atoms in total. The Bertz CT molecular complexity index is 863. The second-order valence-electron chi connectivity index (χ2n) is 7.20. The zero-order valence-corrected chi connectivity index (χ0v) is 17.0. The van der Waals surface area contributed by atoms with Crippen molar-refractivity contribution in [2.45, 2.75) is 52.9 Å². The van der Waals surface area contributed by atoms with Gasteiger partial charge < -0.3 is 23.5 Å². The number of morpholine rings is 1. The summed E-state index contributed by atoms with van der Waals surface area (Å²) in [6, 6.07) is 5.38. The van der Waals surface area contributed by atoms with Crippen LogP contribution < -0.4 is 4.74 Å². The molecule has 1 saturated heterocycles. The van der Waals surface area contributed by atoms with Crippen LogP contribution in [0.2, 0.25) is 0 Å². The highest BCUT2D eigenvalue weighted by Crippen LogP contribution is 2.29. The molecule has 7 heteroatoms. The molecule has 2 heterocycles. The zero-order valence-electron chi connectivity index (χ0n) is 17.0. The van der Waals surface area contributed by atoms with Gasteiger partial charge in [0.2, 0.25) is 5.76 Å². The van der Waals surface area contributed by atoms with E-state index in [-0.39, 0.29) is 23.9 Å². The molecule has 2 aromatic rings. The molecule has 0 N–H and O–H groups in total. The van der Waals surface area contributed by atoms with Gasteiger partial charge in [0.05, 0.1) is 18.8 Å². The Morgan fingerprint density at radius 2 is 1.93 bits per heavy atom. The van der Waals surface area contributed by atoms with Gasteiger partial charge in [0.15, 0.2) is 6.10 Å². The van der Waals surface area contributed by atoms with Gasteiger partial charge in [-0.2, -0.15) is 0 Å². The Labute approximate surface area is 164 Å². The summed E-state index contributed by atoms with van der Waals surface area (Å²) in [4.78, 5) is 27.0. The van der Waals surface area contributed by atoms with Crippen molar-refractivity contribution >= 4 is 22.8 Å². The first-order valence-electron chi connectivity index (χ1n) is 9.61. The fourth-order valence-corrected chi connectivity index (χ4v) is 3.53. The standard InChI is InChI=1S/C21H27NO6/c1-6-25-16-7-8-18-17(9-16)14(4)19(28-18)21(24)27-15(5)20(23)22-10-12(2)26-13(3)11-22/h7-9,12-13,15H,6,10-11H2,1-5H3/t12-,13-,15+/m1/s1. The minimum absolute atomic E-state index is 0.0484. The van der Waals surface area contributed by atoms with E-state index < -0.39 is 12.1 Å². The molecule has 152 valence electrons. The highest BCUT2D eigenvalue weighted by molar-refractivity contribution is 5.97. The molecule has 1 fully saturated rings. The number of furan rings is 1. The van der Waals surface area contributed by atoms with Crippen LogP contribution in [0.1, 0.15) is 43.8 Å². The summed E-state index contributed by atoms with van der Waals surface area (Å²) in [7, 11) is 0. The summed E-state index contributed by atoms with van der Waals surface area (Å²) < 4.78 is 22.2. The number of carbonyl (C=O) groups is 2. The highest BCUT2D eigenvalue weighted by Gasteiger charge is 2.31. The second kappa shape index (κ2) is 8.22. The van der Waals surface area contributed by atoms with Crippen molar-refractivity contribution in [2.24, 2.45) is 0 Å². The topological polar surface area (TPSA) is 78.2 Å². The van der Waals surface area contributed by atoms with Crippen LogP contribution in [0.25, 0.3) is 11.0 Å². The van der Waals surface area contributed by atoms with Crippen molar-refractivity contribution in [2.75, 3.05) is 19.7 Å². The minimum Gasteiger partial charge on any atom is -0.494 e. The monoisotopic (exact) mass is 389 g/mol. The maximum atomic E-state index is 12.7. The van der Waals surface area contributed by atoms with Gasteiger partial charge in [-0.3, -0.25) is 4.79 Å². The number of benzene rings is 1. The molecule has 28 heavy (non-hydrogen) atoms. The SMILES string of the molecule is CCOc1ccc2oc(C(=O)O[C@@H](C)C(=O)N3C[C@@H](C)O[C@H](C)C3)c(C)c2c1. The molecule has 1 aromatic carbocycles. The first kappa shape index (κ1) is 20.2. The number of hydrogen-bond acceptors (Lipinski definition) is 6. The predicted octanol–water partition coefficient (Wildman–Crippen LogP) is 3.32. The van der Waals surface area contributed by atoms with Crippen LogP contribution in [0.5, 0.6) is 5.75 Å². The number of carbonyl (C=O) groups excluding carboxylic acids is 2. The Kier molecular flexibility index (Phi) is 5.93. The molecule has 1 aliphatic heterocycles. The number of nitrogens with zero attached hydrogens (tertiary/aromatic N) is 1. The van der Waals surface area contributed by atoms with E-state index in [1.54, 1.807) is 30.9 Å². The molecule has 0 radical (unpaired) electrons. The third-order valence-electron chi connectivity index (χ3n) is 4.77. The molecule has 0 bridgehead atoms. The Morgan fingerprint density at radius 1 is 1.25 bits per heavy atom. The molecule has 3 rings (SSSR count). The summed E-state index contributed by atoms with van der Waals surface area (Å²) in [5.41, 5.74) is 1.23. The molecule has 1 aromatic heterocycles. The molecule has 0 aliphatic carbocycles. The molecule has 0 spiro atoms. The van der Waals surface area contributed by atoms with Crippen molar-refractivity contribution in [3.63, 3.8) is 0 Å². The average molecular weight is 389 g/mol. The Morgan fingerprint density at radius 3 is 2.57 bits per heavy atom. The molecular formula is C21H27NO6. The Hall–Kier alpha value is -2.54. The number of ether oxygens (including phenoxy) is 3. The third kappa shape index (κ3) is 4.14. The van der Waals surface area contributed by atoms with Gasteiger partial charge in [-0.25, -0.2) is 4.79 Å². The van der Waals surface area contributed by atoms with Crippen LogP contribution in [0.15, 0.2) is 22.6 Å². The maximum Gasteiger partial charge on any atom is 0.375 e. The number of fused-ring (bicyclic) bond motifs is 1. The lowest BCUT2D eigenvalue weighted by molar-refractivity contribution is -0.151. The van der Waals surface area contributed by atoms with Gasteiger partial charge in [0, 0.05) is 24.0 Å². The number of hydrogen-bond donors (Lipinski definition) is 0. The van der Waals surface area contributed by atoms with E-state index in [4.69, 9.17) is 18.6 Å². The lowest BCUT2D eigenvalue weighted by Gasteiger charge is -2.36. The number of aryl methyl sites for hydroxylation is 1. The normalized spacial score (nSPS) is 20.8. The first-order chi connectivity index (χ1) is 13.3. The van der Waals surface area contributed by atoms with Gasteiger partial charge in [0.1, 0.15) is 11.3 Å². The molecular weight excluding hydrogens is 362 g/mol. The fourth-order valence-electron chi connectivity index (χ4n) is 3.53. The van der Waals surface area contributed by atoms with E-state index in [1.165, 1.54) is 0 Å². The quantitative estimate of drug-likeness (QED) is 0.730. The lowest BCUT2D eigenvalue weighted by atomic mass is 10.1. The zero-order chi connectivity index (χ0) is 20.4. The Balaban J connectivity index is 1.73. The van der Waals surface area contributed by atoms with Crippen LogP contribution in [-0.2, 0) is 14.3 Å². The summed E-state index contributed by atoms with van der Waals surface area (Å²) in [6.07, 6.45) is -1.00. The van der Waals surface area contributed by atoms with Crippen LogP contribution in [0.4, 0.5) is 0 Å². The van der Waals surface area contributed by atoms with Gasteiger partial charge in [0.25, 0.3) is 5.91 Å². The number of esters is 1. The molecule has 0 saturated carbocycles. The summed E-state index contributed by atoms with van der Waals surface area (Å²) in [5, 5.41) is 0.785. The molecule has 3 atom stereocenters. The number of rotatable bonds is 5. The van der Waals surface area contributed by atoms with Gasteiger partial charge in [-0.05, 0) is 52.8 Å². The summed E-state index contributed by atoms with van der Waals surface area (Å²) in [5.74, 6) is -0.0745. The van der Waals surface area contributed by atoms with Crippen molar-refractivity contribution in [3.05, 3.63) is 29.5 Å². The van der Waals surface area contributed by atoms with Crippen LogP contribution in [-0.4, -0.2) is 54.8 Å². The van der Waals surface area contributed by atoms with Crippen LogP contribution in [0.3, 0.4) is 0 Å². The fraction of sp³-hybridized carbons (Fsp3) is 0.524. The summed E-state index contributed by atoms with van der Waals surface area (Å²) in [6.45, 7) is 10.6. The summed E-state index contributed by atoms with van der Waals surface area (Å²) >= 11 is 0. The molecule has 1 amide bonds. The number of amides is 1. The minimum atomic E-state index is -0.906. The lowest BCUT2D eigenvalue weighted by Crippen LogP contribution is -2.51. The van der Waals surface area contributed by atoms with Crippen molar-refractivity contribution in [1.29, 1.82) is 0 Å².